The Kier molecular flexibility index (Phi) is 6.01. The van der Waals surface area contributed by atoms with Crippen LogP contribution in [-0.2, 0) is 20.4 Å². The first kappa shape index (κ1) is 17.7. The summed E-state index contributed by atoms with van der Waals surface area (Å²) in [4.78, 5) is 13.7. The number of halogens is 3. The van der Waals surface area contributed by atoms with Crippen LogP contribution in [0.3, 0.4) is 0 Å². The van der Waals surface area contributed by atoms with E-state index in [0.717, 1.165) is 6.07 Å². The summed E-state index contributed by atoms with van der Waals surface area (Å²) in [7, 11) is 1.56. The van der Waals surface area contributed by atoms with Crippen LogP contribution in [0.5, 0.6) is 0 Å². The molecule has 0 bridgehead atoms. The van der Waals surface area contributed by atoms with E-state index in [-0.39, 0.29) is 24.6 Å². The van der Waals surface area contributed by atoms with Gasteiger partial charge in [-0.05, 0) is 18.1 Å². The quantitative estimate of drug-likeness (QED) is 0.779. The van der Waals surface area contributed by atoms with Crippen molar-refractivity contribution in [1.82, 2.24) is 4.90 Å². The second kappa shape index (κ2) is 7.79. The fourth-order valence-electron chi connectivity index (χ4n) is 2.63. The second-order valence-electron chi connectivity index (χ2n) is 5.38. The van der Waals surface area contributed by atoms with Gasteiger partial charge < -0.3 is 14.4 Å². The largest absolute Gasteiger partial charge is 0.416 e. The Bertz CT molecular complexity index is 534. The number of benzene rings is 1. The smallest absolute Gasteiger partial charge is 0.385 e. The van der Waals surface area contributed by atoms with Crippen molar-refractivity contribution in [2.75, 3.05) is 33.4 Å². The summed E-state index contributed by atoms with van der Waals surface area (Å²) in [5.41, 5.74) is -0.631. The van der Waals surface area contributed by atoms with Crippen molar-refractivity contribution >= 4 is 5.91 Å². The molecule has 23 heavy (non-hydrogen) atoms. The molecule has 128 valence electrons. The zero-order valence-electron chi connectivity index (χ0n) is 12.9. The molecule has 0 saturated carbocycles. The van der Waals surface area contributed by atoms with Crippen LogP contribution in [0.1, 0.15) is 30.1 Å². The van der Waals surface area contributed by atoms with Gasteiger partial charge in [0.2, 0.25) is 5.91 Å². The molecule has 1 aliphatic rings. The fourth-order valence-corrected chi connectivity index (χ4v) is 2.63. The minimum atomic E-state index is -4.44. The molecule has 1 aromatic carbocycles. The van der Waals surface area contributed by atoms with Gasteiger partial charge in [0, 0.05) is 26.7 Å². The fraction of sp³-hybridized carbons (Fsp3) is 0.562. The van der Waals surface area contributed by atoms with Crippen molar-refractivity contribution in [3.05, 3.63) is 35.4 Å². The summed E-state index contributed by atoms with van der Waals surface area (Å²) in [6.07, 6.45) is -4.28. The van der Waals surface area contributed by atoms with E-state index in [2.05, 4.69) is 0 Å². The number of ether oxygens (including phenoxy) is 2. The summed E-state index contributed by atoms with van der Waals surface area (Å²) in [6.45, 7) is 1.25. The van der Waals surface area contributed by atoms with Gasteiger partial charge in [-0.1, -0.05) is 18.2 Å². The number of alkyl halides is 3. The molecule has 0 radical (unpaired) electrons. The lowest BCUT2D eigenvalue weighted by Gasteiger charge is -2.34. The van der Waals surface area contributed by atoms with Crippen LogP contribution in [0.15, 0.2) is 24.3 Å². The van der Waals surface area contributed by atoms with Crippen molar-refractivity contribution in [3.63, 3.8) is 0 Å². The Balaban J connectivity index is 2.08. The van der Waals surface area contributed by atoms with Crippen LogP contribution < -0.4 is 0 Å². The van der Waals surface area contributed by atoms with Crippen molar-refractivity contribution in [2.45, 2.75) is 25.1 Å². The maximum absolute atomic E-state index is 13.1. The summed E-state index contributed by atoms with van der Waals surface area (Å²) in [5.74, 6) is -0.0835. The van der Waals surface area contributed by atoms with E-state index >= 15 is 0 Å². The van der Waals surface area contributed by atoms with Gasteiger partial charge in [0.1, 0.15) is 6.10 Å². The van der Waals surface area contributed by atoms with E-state index in [1.165, 1.54) is 12.1 Å². The first-order valence-electron chi connectivity index (χ1n) is 7.48. The predicted molar refractivity (Wildman–Crippen MR) is 77.8 cm³/mol. The molecule has 1 fully saturated rings. The average Bonchev–Trinajstić information content (AvgIpc) is 2.54. The third-order valence-electron chi connectivity index (χ3n) is 3.77. The topological polar surface area (TPSA) is 38.8 Å². The first-order valence-corrected chi connectivity index (χ1v) is 7.48. The molecule has 7 heteroatoms. The minimum absolute atomic E-state index is 0.0781. The highest BCUT2D eigenvalue weighted by Crippen LogP contribution is 2.36. The normalized spacial score (nSPS) is 19.0. The molecule has 1 amide bonds. The van der Waals surface area contributed by atoms with E-state index in [1.807, 2.05) is 0 Å². The number of methoxy groups -OCH3 is 1. The van der Waals surface area contributed by atoms with Crippen LogP contribution in [0.25, 0.3) is 0 Å². The molecule has 1 saturated heterocycles. The van der Waals surface area contributed by atoms with Gasteiger partial charge in [-0.15, -0.1) is 0 Å². The molecule has 0 aromatic heterocycles. The Labute approximate surface area is 133 Å². The van der Waals surface area contributed by atoms with Crippen LogP contribution in [0, 0.1) is 0 Å². The molecule has 1 aliphatic heterocycles. The summed E-state index contributed by atoms with van der Waals surface area (Å²) in [6, 6.07) is 5.35. The van der Waals surface area contributed by atoms with Crippen molar-refractivity contribution < 1.29 is 27.4 Å². The lowest BCUT2D eigenvalue weighted by Crippen LogP contribution is -2.42. The predicted octanol–water partition coefficient (Wildman–Crippen LogP) is 3.03. The lowest BCUT2D eigenvalue weighted by atomic mass is 10.0. The summed E-state index contributed by atoms with van der Waals surface area (Å²) >= 11 is 0. The van der Waals surface area contributed by atoms with E-state index in [0.29, 0.717) is 26.0 Å². The van der Waals surface area contributed by atoms with Gasteiger partial charge in [0.05, 0.1) is 18.7 Å². The second-order valence-corrected chi connectivity index (χ2v) is 5.38. The van der Waals surface area contributed by atoms with Gasteiger partial charge in [-0.3, -0.25) is 4.79 Å². The van der Waals surface area contributed by atoms with Gasteiger partial charge in [-0.25, -0.2) is 0 Å². The summed E-state index contributed by atoms with van der Waals surface area (Å²) in [5, 5.41) is 0. The first-order chi connectivity index (χ1) is 10.9. The number of hydrogen-bond donors (Lipinski definition) is 0. The molecule has 1 heterocycles. The lowest BCUT2D eigenvalue weighted by molar-refractivity contribution is -0.143. The average molecular weight is 331 g/mol. The van der Waals surface area contributed by atoms with Crippen LogP contribution in [0.2, 0.25) is 0 Å². The highest BCUT2D eigenvalue weighted by molar-refractivity contribution is 5.76. The van der Waals surface area contributed by atoms with E-state index in [9.17, 15) is 18.0 Å². The van der Waals surface area contributed by atoms with Gasteiger partial charge in [0.25, 0.3) is 0 Å². The molecular formula is C16H20F3NO3. The Hall–Kier alpha value is -1.60. The molecule has 0 N–H and O–H groups in total. The van der Waals surface area contributed by atoms with Crippen LogP contribution in [0.4, 0.5) is 13.2 Å². The van der Waals surface area contributed by atoms with E-state index in [4.69, 9.17) is 9.47 Å². The molecule has 4 nitrogen and oxygen atoms in total. The van der Waals surface area contributed by atoms with Gasteiger partial charge in [-0.2, -0.15) is 13.2 Å². The highest BCUT2D eigenvalue weighted by atomic mass is 19.4. The standard InChI is InChI=1S/C16H20F3NO3/c1-22-9-4-7-15(21)20-8-10-23-14(11-20)12-5-2-3-6-13(12)16(17,18)19/h2-3,5-6,14H,4,7-11H2,1H3. The van der Waals surface area contributed by atoms with E-state index in [1.54, 1.807) is 18.1 Å². The molecule has 1 aromatic rings. The number of morpholine rings is 1. The van der Waals surface area contributed by atoms with Gasteiger partial charge in [0.15, 0.2) is 0 Å². The van der Waals surface area contributed by atoms with Crippen LogP contribution in [-0.4, -0.2) is 44.2 Å². The Morgan fingerprint density at radius 3 is 2.83 bits per heavy atom. The minimum Gasteiger partial charge on any atom is -0.385 e. The monoisotopic (exact) mass is 331 g/mol. The molecule has 1 unspecified atom stereocenters. The highest BCUT2D eigenvalue weighted by Gasteiger charge is 2.36. The number of carbonyl (C=O) groups is 1. The molecule has 2 rings (SSSR count). The molecule has 0 spiro atoms. The third kappa shape index (κ3) is 4.68. The van der Waals surface area contributed by atoms with Crippen molar-refractivity contribution in [1.29, 1.82) is 0 Å². The molecule has 0 aliphatic carbocycles. The van der Waals surface area contributed by atoms with Crippen molar-refractivity contribution in [2.24, 2.45) is 0 Å². The Morgan fingerprint density at radius 1 is 1.39 bits per heavy atom. The maximum atomic E-state index is 13.1. The Morgan fingerprint density at radius 2 is 2.13 bits per heavy atom. The molecule has 1 atom stereocenters. The third-order valence-corrected chi connectivity index (χ3v) is 3.77. The number of nitrogens with zero attached hydrogens (tertiary/aromatic N) is 1. The zero-order chi connectivity index (χ0) is 16.9. The maximum Gasteiger partial charge on any atom is 0.416 e. The molecular weight excluding hydrogens is 311 g/mol. The number of amides is 1. The van der Waals surface area contributed by atoms with E-state index < -0.39 is 17.8 Å². The number of hydrogen-bond acceptors (Lipinski definition) is 3. The SMILES string of the molecule is COCCCC(=O)N1CCOC(c2ccccc2C(F)(F)F)C1. The van der Waals surface area contributed by atoms with Crippen LogP contribution >= 0.6 is 0 Å². The van der Waals surface area contributed by atoms with Crippen molar-refractivity contribution in [3.8, 4) is 0 Å². The summed E-state index contributed by atoms with van der Waals surface area (Å²) < 4.78 is 49.7. The van der Waals surface area contributed by atoms with Gasteiger partial charge >= 0.3 is 6.18 Å². The zero-order valence-corrected chi connectivity index (χ0v) is 12.9. The number of rotatable bonds is 5. The number of carbonyl (C=O) groups excluding carboxylic acids is 1.